The van der Waals surface area contributed by atoms with Crippen LogP contribution in [0, 0.1) is 0 Å². The summed E-state index contributed by atoms with van der Waals surface area (Å²) in [7, 11) is 0. The van der Waals surface area contributed by atoms with Gasteiger partial charge in [0, 0.05) is 0 Å². The standard InChI is InChI=1S/C8H18S.H2S/c1-3-5-7-9-8-6-4-2;/h3-8H2,1-2H3;1H2. The number of rotatable bonds is 6. The Morgan fingerprint density at radius 1 is 0.900 bits per heavy atom. The van der Waals surface area contributed by atoms with Gasteiger partial charge >= 0.3 is 0 Å². The highest BCUT2D eigenvalue weighted by Crippen LogP contribution is 2.06. The molecule has 0 rings (SSSR count). The maximum atomic E-state index is 2.25. The minimum atomic E-state index is 0. The molecule has 0 bridgehead atoms. The lowest BCUT2D eigenvalue weighted by Crippen LogP contribution is -1.81. The molecule has 0 aromatic rings. The summed E-state index contributed by atoms with van der Waals surface area (Å²) < 4.78 is 0. The molecule has 0 radical (unpaired) electrons. The van der Waals surface area contributed by atoms with Gasteiger partial charge in [0.25, 0.3) is 0 Å². The molecule has 0 spiro atoms. The van der Waals surface area contributed by atoms with Crippen LogP contribution in [0.15, 0.2) is 0 Å². The molecule has 0 atom stereocenters. The summed E-state index contributed by atoms with van der Waals surface area (Å²) in [6, 6.07) is 0. The number of unbranched alkanes of at least 4 members (excludes halogenated alkanes) is 2. The van der Waals surface area contributed by atoms with Gasteiger partial charge < -0.3 is 0 Å². The van der Waals surface area contributed by atoms with Crippen molar-refractivity contribution in [1.29, 1.82) is 0 Å². The summed E-state index contributed by atoms with van der Waals surface area (Å²) in [5, 5.41) is 0. The van der Waals surface area contributed by atoms with E-state index in [0.717, 1.165) is 0 Å². The maximum absolute atomic E-state index is 2.25. The fraction of sp³-hybridized carbons (Fsp3) is 1.00. The number of hydrogen-bond acceptors (Lipinski definition) is 1. The minimum Gasteiger partial charge on any atom is -0.197 e. The SMILES string of the molecule is CCCCSCCCC.S. The highest BCUT2D eigenvalue weighted by molar-refractivity contribution is 7.99. The maximum Gasteiger partial charge on any atom is -0.00676 e. The zero-order valence-corrected chi connectivity index (χ0v) is 8.97. The van der Waals surface area contributed by atoms with E-state index in [0.29, 0.717) is 0 Å². The lowest BCUT2D eigenvalue weighted by molar-refractivity contribution is 0.879. The van der Waals surface area contributed by atoms with Gasteiger partial charge in [-0.05, 0) is 24.3 Å². The molecular weight excluding hydrogens is 160 g/mol. The Bertz CT molecular complexity index is 40.5. The summed E-state index contributed by atoms with van der Waals surface area (Å²) in [6.07, 6.45) is 5.49. The molecule has 0 heterocycles. The van der Waals surface area contributed by atoms with E-state index in [2.05, 4.69) is 25.6 Å². The number of thioether (sulfide) groups is 1. The van der Waals surface area contributed by atoms with Crippen LogP contribution in [0.25, 0.3) is 0 Å². The van der Waals surface area contributed by atoms with Crippen molar-refractivity contribution in [1.82, 2.24) is 0 Å². The molecule has 0 aliphatic heterocycles. The molecule has 0 nitrogen and oxygen atoms in total. The van der Waals surface area contributed by atoms with Crippen LogP contribution in [0.3, 0.4) is 0 Å². The van der Waals surface area contributed by atoms with Crippen molar-refractivity contribution in [2.45, 2.75) is 39.5 Å². The van der Waals surface area contributed by atoms with E-state index in [1.807, 2.05) is 0 Å². The molecule has 2 heteroatoms. The molecule has 0 aliphatic carbocycles. The van der Waals surface area contributed by atoms with Gasteiger partial charge in [0.2, 0.25) is 0 Å². The summed E-state index contributed by atoms with van der Waals surface area (Å²) >= 11 is 2.10. The first kappa shape index (κ1) is 13.3. The average Bonchev–Trinajstić information content (AvgIpc) is 1.89. The van der Waals surface area contributed by atoms with Crippen LogP contribution in [0.4, 0.5) is 0 Å². The zero-order valence-electron chi connectivity index (χ0n) is 7.15. The third-order valence-corrected chi connectivity index (χ3v) is 2.44. The molecule has 0 unspecified atom stereocenters. The van der Waals surface area contributed by atoms with Crippen LogP contribution in [-0.2, 0) is 0 Å². The average molecular weight is 180 g/mol. The van der Waals surface area contributed by atoms with Gasteiger partial charge in [0.05, 0.1) is 0 Å². The van der Waals surface area contributed by atoms with Crippen molar-refractivity contribution in [2.75, 3.05) is 11.5 Å². The second-order valence-corrected chi connectivity index (χ2v) is 3.54. The van der Waals surface area contributed by atoms with Gasteiger partial charge in [0.1, 0.15) is 0 Å². The van der Waals surface area contributed by atoms with E-state index < -0.39 is 0 Å². The lowest BCUT2D eigenvalue weighted by Gasteiger charge is -1.96. The van der Waals surface area contributed by atoms with Gasteiger partial charge in [-0.25, -0.2) is 0 Å². The highest BCUT2D eigenvalue weighted by Gasteiger charge is 1.85. The van der Waals surface area contributed by atoms with Crippen LogP contribution in [-0.4, -0.2) is 11.5 Å². The fourth-order valence-corrected chi connectivity index (χ4v) is 1.78. The van der Waals surface area contributed by atoms with Crippen molar-refractivity contribution in [3.63, 3.8) is 0 Å². The predicted octanol–water partition coefficient (Wildman–Crippen LogP) is 3.43. The van der Waals surface area contributed by atoms with E-state index in [4.69, 9.17) is 0 Å². The Hall–Kier alpha value is 0.700. The smallest absolute Gasteiger partial charge is 0.00676 e. The second kappa shape index (κ2) is 12.4. The summed E-state index contributed by atoms with van der Waals surface area (Å²) in [4.78, 5) is 0. The Labute approximate surface area is 76.6 Å². The van der Waals surface area contributed by atoms with E-state index in [1.54, 1.807) is 0 Å². The van der Waals surface area contributed by atoms with Crippen molar-refractivity contribution < 1.29 is 0 Å². The lowest BCUT2D eigenvalue weighted by atomic mass is 10.4. The molecule has 0 aliphatic rings. The molecule has 0 N–H and O–H groups in total. The van der Waals surface area contributed by atoms with E-state index >= 15 is 0 Å². The quantitative estimate of drug-likeness (QED) is 0.564. The normalized spacial score (nSPS) is 9.00. The van der Waals surface area contributed by atoms with Crippen molar-refractivity contribution in [3.8, 4) is 0 Å². The second-order valence-electron chi connectivity index (χ2n) is 2.32. The van der Waals surface area contributed by atoms with Gasteiger partial charge in [-0.15, -0.1) is 0 Å². The summed E-state index contributed by atoms with van der Waals surface area (Å²) in [6.45, 7) is 4.50. The Morgan fingerprint density at radius 3 is 1.60 bits per heavy atom. The van der Waals surface area contributed by atoms with Crippen LogP contribution >= 0.6 is 25.3 Å². The minimum absolute atomic E-state index is 0. The van der Waals surface area contributed by atoms with Crippen molar-refractivity contribution in [3.05, 3.63) is 0 Å². The van der Waals surface area contributed by atoms with Gasteiger partial charge in [0.15, 0.2) is 0 Å². The van der Waals surface area contributed by atoms with E-state index in [1.165, 1.54) is 37.2 Å². The number of hydrogen-bond donors (Lipinski definition) is 0. The van der Waals surface area contributed by atoms with Crippen LogP contribution in [0.5, 0.6) is 0 Å². The summed E-state index contributed by atoms with van der Waals surface area (Å²) in [5.74, 6) is 2.74. The van der Waals surface area contributed by atoms with Gasteiger partial charge in [-0.2, -0.15) is 25.3 Å². The van der Waals surface area contributed by atoms with Gasteiger partial charge in [-0.1, -0.05) is 26.7 Å². The molecule has 0 aromatic carbocycles. The molecule has 10 heavy (non-hydrogen) atoms. The first-order chi connectivity index (χ1) is 4.41. The zero-order chi connectivity index (χ0) is 6.95. The first-order valence-corrected chi connectivity index (χ1v) is 5.15. The van der Waals surface area contributed by atoms with Gasteiger partial charge in [-0.3, -0.25) is 0 Å². The molecule has 0 fully saturated rings. The molecule has 0 aromatic heterocycles. The van der Waals surface area contributed by atoms with E-state index in [-0.39, 0.29) is 13.5 Å². The first-order valence-electron chi connectivity index (χ1n) is 3.99. The highest BCUT2D eigenvalue weighted by atomic mass is 32.2. The third-order valence-electron chi connectivity index (χ3n) is 1.28. The molecule has 0 saturated heterocycles. The van der Waals surface area contributed by atoms with Crippen molar-refractivity contribution in [2.24, 2.45) is 0 Å². The van der Waals surface area contributed by atoms with Crippen molar-refractivity contribution >= 4 is 25.3 Å². The Kier molecular flexibility index (Phi) is 16.5. The predicted molar refractivity (Wildman–Crippen MR) is 57.5 cm³/mol. The third kappa shape index (κ3) is 11.5. The topological polar surface area (TPSA) is 0 Å². The molecular formula is C8H20S2. The Balaban J connectivity index is 0. The Morgan fingerprint density at radius 2 is 1.30 bits per heavy atom. The fourth-order valence-electron chi connectivity index (χ4n) is 0.595. The van der Waals surface area contributed by atoms with Crippen LogP contribution < -0.4 is 0 Å². The largest absolute Gasteiger partial charge is 0.197 e. The van der Waals surface area contributed by atoms with Crippen LogP contribution in [0.2, 0.25) is 0 Å². The van der Waals surface area contributed by atoms with E-state index in [9.17, 15) is 0 Å². The monoisotopic (exact) mass is 180 g/mol. The van der Waals surface area contributed by atoms with Crippen LogP contribution in [0.1, 0.15) is 39.5 Å². The molecule has 0 saturated carbocycles. The summed E-state index contributed by atoms with van der Waals surface area (Å²) in [5.41, 5.74) is 0. The molecule has 0 amide bonds. The molecule has 64 valence electrons.